The molecule has 1 aliphatic rings. The van der Waals surface area contributed by atoms with Gasteiger partial charge in [0.25, 0.3) is 0 Å². The van der Waals surface area contributed by atoms with Crippen molar-refractivity contribution >= 4 is 5.96 Å². The molecule has 1 unspecified atom stereocenters. The largest absolute Gasteiger partial charge is 0.373 e. The van der Waals surface area contributed by atoms with E-state index in [9.17, 15) is 0 Å². The summed E-state index contributed by atoms with van der Waals surface area (Å²) in [6.45, 7) is 7.57. The van der Waals surface area contributed by atoms with Crippen LogP contribution in [-0.2, 0) is 11.2 Å². The van der Waals surface area contributed by atoms with Gasteiger partial charge in [-0.25, -0.2) is 0 Å². The number of nitrogens with one attached hydrogen (secondary N) is 2. The van der Waals surface area contributed by atoms with E-state index in [1.165, 1.54) is 5.56 Å². The molecule has 1 saturated heterocycles. The Balaban J connectivity index is 1.80. The first kappa shape index (κ1) is 15.8. The van der Waals surface area contributed by atoms with Gasteiger partial charge in [-0.3, -0.25) is 4.99 Å². The van der Waals surface area contributed by atoms with E-state index in [1.807, 2.05) is 6.07 Å². The lowest BCUT2D eigenvalue weighted by molar-refractivity contribution is 0.0283. The summed E-state index contributed by atoms with van der Waals surface area (Å²) in [4.78, 5) is 4.67. The lowest BCUT2D eigenvalue weighted by Gasteiger charge is -2.21. The van der Waals surface area contributed by atoms with Crippen molar-refractivity contribution in [3.8, 4) is 0 Å². The summed E-state index contributed by atoms with van der Waals surface area (Å²) in [5.41, 5.74) is 1.26. The molecule has 1 heterocycles. The van der Waals surface area contributed by atoms with Crippen LogP contribution in [0.25, 0.3) is 0 Å². The lowest BCUT2D eigenvalue weighted by Crippen LogP contribution is -2.40. The van der Waals surface area contributed by atoms with Crippen molar-refractivity contribution < 1.29 is 4.74 Å². The van der Waals surface area contributed by atoms with Crippen LogP contribution in [0.15, 0.2) is 35.3 Å². The minimum absolute atomic E-state index is 0.0816. The molecule has 116 valence electrons. The van der Waals surface area contributed by atoms with Gasteiger partial charge in [0, 0.05) is 19.7 Å². The van der Waals surface area contributed by atoms with E-state index in [0.717, 1.165) is 44.9 Å². The maximum atomic E-state index is 5.78. The predicted octanol–water partition coefficient (Wildman–Crippen LogP) is 2.35. The normalized spacial score (nSPS) is 22.3. The quantitative estimate of drug-likeness (QED) is 0.624. The maximum absolute atomic E-state index is 5.78. The average Bonchev–Trinajstić information content (AvgIpc) is 2.93. The van der Waals surface area contributed by atoms with Crippen molar-refractivity contribution in [2.45, 2.75) is 38.7 Å². The third kappa shape index (κ3) is 5.38. The zero-order valence-electron chi connectivity index (χ0n) is 13.2. The zero-order chi connectivity index (χ0) is 15.0. The summed E-state index contributed by atoms with van der Waals surface area (Å²) < 4.78 is 5.78. The third-order valence-corrected chi connectivity index (χ3v) is 3.77. The molecule has 1 atom stereocenters. The molecule has 1 aliphatic heterocycles. The fourth-order valence-electron chi connectivity index (χ4n) is 2.52. The first-order chi connectivity index (χ1) is 10.2. The molecule has 1 aromatic carbocycles. The van der Waals surface area contributed by atoms with Crippen LogP contribution >= 0.6 is 0 Å². The number of rotatable bonds is 6. The van der Waals surface area contributed by atoms with Gasteiger partial charge in [-0.1, -0.05) is 30.3 Å². The minimum Gasteiger partial charge on any atom is -0.373 e. The molecule has 21 heavy (non-hydrogen) atoms. The van der Waals surface area contributed by atoms with Gasteiger partial charge in [-0.15, -0.1) is 0 Å². The van der Waals surface area contributed by atoms with E-state index in [0.29, 0.717) is 6.54 Å². The van der Waals surface area contributed by atoms with Crippen LogP contribution in [0.2, 0.25) is 0 Å². The molecule has 0 amide bonds. The van der Waals surface area contributed by atoms with E-state index in [-0.39, 0.29) is 5.60 Å². The number of aliphatic imine (C=N–C) groups is 1. The second-order valence-electron chi connectivity index (χ2n) is 5.76. The average molecular weight is 289 g/mol. The number of hydrogen-bond donors (Lipinski definition) is 2. The van der Waals surface area contributed by atoms with Crippen LogP contribution in [0, 0.1) is 0 Å². The van der Waals surface area contributed by atoms with E-state index in [2.05, 4.69) is 53.7 Å². The van der Waals surface area contributed by atoms with Crippen LogP contribution in [-0.4, -0.2) is 37.8 Å². The lowest BCUT2D eigenvalue weighted by atomic mass is 10.0. The van der Waals surface area contributed by atoms with Gasteiger partial charge in [0.1, 0.15) is 0 Å². The topological polar surface area (TPSA) is 45.7 Å². The Bertz CT molecular complexity index is 439. The Morgan fingerprint density at radius 1 is 1.29 bits per heavy atom. The van der Waals surface area contributed by atoms with Gasteiger partial charge in [-0.2, -0.15) is 0 Å². The second kappa shape index (κ2) is 8.03. The Kier molecular flexibility index (Phi) is 6.05. The van der Waals surface area contributed by atoms with Gasteiger partial charge in [0.05, 0.1) is 12.1 Å². The van der Waals surface area contributed by atoms with Crippen molar-refractivity contribution in [1.82, 2.24) is 10.6 Å². The first-order valence-electron chi connectivity index (χ1n) is 7.92. The molecule has 4 nitrogen and oxygen atoms in total. The zero-order valence-corrected chi connectivity index (χ0v) is 13.2. The highest BCUT2D eigenvalue weighted by atomic mass is 16.5. The SMILES string of the molecule is CCNC(=NCC1(C)CCCO1)NCCc1ccccc1. The fraction of sp³-hybridized carbons (Fsp3) is 0.588. The number of nitrogens with zero attached hydrogens (tertiary/aromatic N) is 1. The van der Waals surface area contributed by atoms with Gasteiger partial charge in [0.15, 0.2) is 5.96 Å². The number of hydrogen-bond acceptors (Lipinski definition) is 2. The molecule has 0 spiro atoms. The van der Waals surface area contributed by atoms with Crippen molar-refractivity contribution in [2.24, 2.45) is 4.99 Å². The van der Waals surface area contributed by atoms with E-state index in [1.54, 1.807) is 0 Å². The second-order valence-corrected chi connectivity index (χ2v) is 5.76. The van der Waals surface area contributed by atoms with Crippen LogP contribution in [0.3, 0.4) is 0 Å². The molecule has 2 rings (SSSR count). The van der Waals surface area contributed by atoms with Gasteiger partial charge in [0.2, 0.25) is 0 Å². The Morgan fingerprint density at radius 3 is 2.76 bits per heavy atom. The summed E-state index contributed by atoms with van der Waals surface area (Å²) >= 11 is 0. The summed E-state index contributed by atoms with van der Waals surface area (Å²) in [6, 6.07) is 10.5. The molecule has 4 heteroatoms. The van der Waals surface area contributed by atoms with Gasteiger partial charge >= 0.3 is 0 Å². The number of ether oxygens (including phenoxy) is 1. The van der Waals surface area contributed by atoms with Crippen LogP contribution in [0.4, 0.5) is 0 Å². The van der Waals surface area contributed by atoms with Crippen molar-refractivity contribution in [1.29, 1.82) is 0 Å². The monoisotopic (exact) mass is 289 g/mol. The molecular weight excluding hydrogens is 262 g/mol. The summed E-state index contributed by atoms with van der Waals surface area (Å²) in [5, 5.41) is 6.69. The maximum Gasteiger partial charge on any atom is 0.191 e. The number of guanidine groups is 1. The Morgan fingerprint density at radius 2 is 2.10 bits per heavy atom. The van der Waals surface area contributed by atoms with Gasteiger partial charge < -0.3 is 15.4 Å². The highest BCUT2D eigenvalue weighted by Crippen LogP contribution is 2.24. The van der Waals surface area contributed by atoms with Crippen LogP contribution in [0.5, 0.6) is 0 Å². The molecule has 2 N–H and O–H groups in total. The third-order valence-electron chi connectivity index (χ3n) is 3.77. The Labute approximate surface area is 128 Å². The van der Waals surface area contributed by atoms with E-state index in [4.69, 9.17) is 4.74 Å². The van der Waals surface area contributed by atoms with Crippen molar-refractivity contribution in [2.75, 3.05) is 26.2 Å². The van der Waals surface area contributed by atoms with Crippen molar-refractivity contribution in [3.63, 3.8) is 0 Å². The van der Waals surface area contributed by atoms with Crippen molar-refractivity contribution in [3.05, 3.63) is 35.9 Å². The predicted molar refractivity (Wildman–Crippen MR) is 87.7 cm³/mol. The number of benzene rings is 1. The fourth-order valence-corrected chi connectivity index (χ4v) is 2.52. The molecule has 0 aromatic heterocycles. The summed E-state index contributed by atoms with van der Waals surface area (Å²) in [5.74, 6) is 0.880. The molecular formula is C17H27N3O. The molecule has 0 aliphatic carbocycles. The smallest absolute Gasteiger partial charge is 0.191 e. The first-order valence-corrected chi connectivity index (χ1v) is 7.92. The van der Waals surface area contributed by atoms with Crippen LogP contribution < -0.4 is 10.6 Å². The summed E-state index contributed by atoms with van der Waals surface area (Å²) in [7, 11) is 0. The van der Waals surface area contributed by atoms with E-state index < -0.39 is 0 Å². The Hall–Kier alpha value is -1.55. The molecule has 1 aromatic rings. The molecule has 0 radical (unpaired) electrons. The molecule has 0 saturated carbocycles. The molecule has 0 bridgehead atoms. The summed E-state index contributed by atoms with van der Waals surface area (Å²) in [6.07, 6.45) is 3.24. The highest BCUT2D eigenvalue weighted by Gasteiger charge is 2.29. The van der Waals surface area contributed by atoms with Gasteiger partial charge in [-0.05, 0) is 38.7 Å². The standard InChI is InChI=1S/C17H27N3O/c1-3-18-16(20-14-17(2)11-7-13-21-17)19-12-10-15-8-5-4-6-9-15/h4-6,8-9H,3,7,10-14H2,1-2H3,(H2,18,19,20). The molecule has 1 fully saturated rings. The van der Waals surface area contributed by atoms with Crippen LogP contribution in [0.1, 0.15) is 32.3 Å². The highest BCUT2D eigenvalue weighted by molar-refractivity contribution is 5.79. The minimum atomic E-state index is -0.0816. The van der Waals surface area contributed by atoms with E-state index >= 15 is 0 Å².